The molecule has 0 aromatic rings. The van der Waals surface area contributed by atoms with Gasteiger partial charge in [0.05, 0.1) is 0 Å². The third-order valence-electron chi connectivity index (χ3n) is 6.85. The fraction of sp³-hybridized carbons (Fsp3) is 1.00. The Morgan fingerprint density at radius 3 is 0.862 bits per heavy atom. The van der Waals surface area contributed by atoms with E-state index in [4.69, 9.17) is 0 Å². The molecule has 0 aliphatic rings. The SMILES string of the molecule is CCCCCCCCCCCCCCCCCCCCCCC[C@H](C)CCCC. The zero-order valence-corrected chi connectivity index (χ0v) is 21.3. The van der Waals surface area contributed by atoms with Crippen molar-refractivity contribution in [1.82, 2.24) is 0 Å². The smallest absolute Gasteiger partial charge is 0.0443 e. The van der Waals surface area contributed by atoms with Gasteiger partial charge in [-0.2, -0.15) is 0 Å². The third-order valence-corrected chi connectivity index (χ3v) is 6.85. The average Bonchev–Trinajstić information content (AvgIpc) is 2.73. The second kappa shape index (κ2) is 26.0. The number of unbranched alkanes of at least 4 members (excludes halogenated alkanes) is 21. The number of rotatable bonds is 25. The van der Waals surface area contributed by atoms with E-state index in [1.54, 1.807) is 0 Å². The van der Waals surface area contributed by atoms with Crippen LogP contribution in [-0.2, 0) is 0 Å². The Bertz CT molecular complexity index is 269. The molecule has 0 heteroatoms. The summed E-state index contributed by atoms with van der Waals surface area (Å²) >= 11 is 0. The maximum Gasteiger partial charge on any atom is -0.0443 e. The minimum absolute atomic E-state index is 0.968. The van der Waals surface area contributed by atoms with Crippen LogP contribution in [0.4, 0.5) is 0 Å². The molecule has 0 heterocycles. The Morgan fingerprint density at radius 1 is 0.310 bits per heavy atom. The van der Waals surface area contributed by atoms with Gasteiger partial charge in [0.1, 0.15) is 0 Å². The highest BCUT2D eigenvalue weighted by Gasteiger charge is 2.01. The summed E-state index contributed by atoms with van der Waals surface area (Å²) in [5, 5.41) is 0. The molecule has 176 valence electrons. The maximum absolute atomic E-state index is 2.45. The van der Waals surface area contributed by atoms with Gasteiger partial charge in [-0.15, -0.1) is 0 Å². The van der Waals surface area contributed by atoms with Crippen molar-refractivity contribution >= 4 is 0 Å². The lowest BCUT2D eigenvalue weighted by Gasteiger charge is -2.10. The van der Waals surface area contributed by atoms with Gasteiger partial charge in [0.15, 0.2) is 0 Å². The quantitative estimate of drug-likeness (QED) is 0.132. The van der Waals surface area contributed by atoms with Gasteiger partial charge in [0.25, 0.3) is 0 Å². The summed E-state index contributed by atoms with van der Waals surface area (Å²) < 4.78 is 0. The molecule has 0 spiro atoms. The minimum Gasteiger partial charge on any atom is -0.0654 e. The Kier molecular flexibility index (Phi) is 26.0. The van der Waals surface area contributed by atoms with Crippen molar-refractivity contribution < 1.29 is 0 Å². The molecule has 0 aromatic heterocycles. The molecule has 0 saturated carbocycles. The highest BCUT2D eigenvalue weighted by Crippen LogP contribution is 2.18. The van der Waals surface area contributed by atoms with Gasteiger partial charge in [-0.25, -0.2) is 0 Å². The van der Waals surface area contributed by atoms with E-state index in [1.807, 2.05) is 0 Å². The predicted octanol–water partition coefficient (Wildman–Crippen LogP) is 11.4. The van der Waals surface area contributed by atoms with Crippen LogP contribution in [0.1, 0.15) is 181 Å². The third kappa shape index (κ3) is 26.0. The van der Waals surface area contributed by atoms with Crippen molar-refractivity contribution in [2.75, 3.05) is 0 Å². The zero-order valence-electron chi connectivity index (χ0n) is 21.3. The molecule has 0 radical (unpaired) electrons. The first-order chi connectivity index (χ1) is 14.3. The van der Waals surface area contributed by atoms with Crippen molar-refractivity contribution in [2.24, 2.45) is 5.92 Å². The summed E-state index contributed by atoms with van der Waals surface area (Å²) in [7, 11) is 0. The molecule has 0 unspecified atom stereocenters. The maximum atomic E-state index is 2.45. The van der Waals surface area contributed by atoms with Crippen molar-refractivity contribution in [3.63, 3.8) is 0 Å². The van der Waals surface area contributed by atoms with E-state index in [2.05, 4.69) is 20.8 Å². The average molecular weight is 409 g/mol. The summed E-state index contributed by atoms with van der Waals surface area (Å²) in [6.45, 7) is 7.07. The Balaban J connectivity index is 3.03. The first-order valence-electron chi connectivity index (χ1n) is 14.3. The molecule has 0 bridgehead atoms. The molecule has 0 aliphatic heterocycles. The van der Waals surface area contributed by atoms with Crippen LogP contribution in [0.5, 0.6) is 0 Å². The first-order valence-corrected chi connectivity index (χ1v) is 14.3. The van der Waals surface area contributed by atoms with Crippen molar-refractivity contribution in [2.45, 2.75) is 181 Å². The minimum atomic E-state index is 0.968. The van der Waals surface area contributed by atoms with E-state index < -0.39 is 0 Å². The summed E-state index contributed by atoms with van der Waals surface area (Å²) in [5.41, 5.74) is 0. The van der Waals surface area contributed by atoms with Crippen LogP contribution >= 0.6 is 0 Å². The highest BCUT2D eigenvalue weighted by molar-refractivity contribution is 4.55. The molecular formula is C29H60. The van der Waals surface area contributed by atoms with E-state index >= 15 is 0 Å². The van der Waals surface area contributed by atoms with Crippen LogP contribution in [0.2, 0.25) is 0 Å². The first kappa shape index (κ1) is 29.0. The van der Waals surface area contributed by atoms with Gasteiger partial charge in [-0.05, 0) is 5.92 Å². The van der Waals surface area contributed by atoms with Crippen molar-refractivity contribution in [3.05, 3.63) is 0 Å². The van der Waals surface area contributed by atoms with Crippen LogP contribution in [-0.4, -0.2) is 0 Å². The van der Waals surface area contributed by atoms with Gasteiger partial charge in [0, 0.05) is 0 Å². The molecule has 0 saturated heterocycles. The fourth-order valence-electron chi connectivity index (χ4n) is 4.62. The molecule has 0 fully saturated rings. The van der Waals surface area contributed by atoms with E-state index in [0.717, 1.165) is 5.92 Å². The van der Waals surface area contributed by atoms with Gasteiger partial charge < -0.3 is 0 Å². The summed E-state index contributed by atoms with van der Waals surface area (Å²) in [5.74, 6) is 0.968. The van der Waals surface area contributed by atoms with Gasteiger partial charge in [-0.1, -0.05) is 181 Å². The molecule has 0 nitrogen and oxygen atoms in total. The molecule has 0 rings (SSSR count). The lowest BCUT2D eigenvalue weighted by molar-refractivity contribution is 0.440. The Hall–Kier alpha value is 0. The van der Waals surface area contributed by atoms with Crippen LogP contribution in [0.15, 0.2) is 0 Å². The zero-order chi connectivity index (χ0) is 21.3. The van der Waals surface area contributed by atoms with Crippen molar-refractivity contribution in [1.29, 1.82) is 0 Å². The van der Waals surface area contributed by atoms with E-state index in [1.165, 1.54) is 161 Å². The Morgan fingerprint density at radius 2 is 0.552 bits per heavy atom. The molecule has 0 N–H and O–H groups in total. The second-order valence-corrected chi connectivity index (χ2v) is 10.1. The monoisotopic (exact) mass is 408 g/mol. The molecule has 29 heavy (non-hydrogen) atoms. The van der Waals surface area contributed by atoms with Gasteiger partial charge >= 0.3 is 0 Å². The molecule has 0 aliphatic carbocycles. The predicted molar refractivity (Wildman–Crippen MR) is 136 cm³/mol. The van der Waals surface area contributed by atoms with Gasteiger partial charge in [-0.3, -0.25) is 0 Å². The summed E-state index contributed by atoms with van der Waals surface area (Å²) in [6, 6.07) is 0. The largest absolute Gasteiger partial charge is 0.0654 e. The number of hydrogen-bond acceptors (Lipinski definition) is 0. The van der Waals surface area contributed by atoms with E-state index in [0.29, 0.717) is 0 Å². The summed E-state index contributed by atoms with van der Waals surface area (Å²) in [4.78, 5) is 0. The number of hydrogen-bond donors (Lipinski definition) is 0. The molecular weight excluding hydrogens is 348 g/mol. The molecule has 0 aromatic carbocycles. The standard InChI is InChI=1S/C29H60/c1-4-6-8-9-10-11-12-13-14-15-16-17-18-19-20-21-22-23-24-25-26-28-29(3)27-7-5-2/h29H,4-28H2,1-3H3/t29-/m1/s1. The van der Waals surface area contributed by atoms with Gasteiger partial charge in [0.2, 0.25) is 0 Å². The normalized spacial score (nSPS) is 12.5. The van der Waals surface area contributed by atoms with Crippen LogP contribution in [0.3, 0.4) is 0 Å². The summed E-state index contributed by atoms with van der Waals surface area (Å²) in [6.07, 6.45) is 36.8. The van der Waals surface area contributed by atoms with Crippen LogP contribution < -0.4 is 0 Å². The second-order valence-electron chi connectivity index (χ2n) is 10.1. The van der Waals surface area contributed by atoms with E-state index in [-0.39, 0.29) is 0 Å². The molecule has 0 amide bonds. The van der Waals surface area contributed by atoms with Crippen LogP contribution in [0.25, 0.3) is 0 Å². The molecule has 1 atom stereocenters. The topological polar surface area (TPSA) is 0 Å². The van der Waals surface area contributed by atoms with Crippen LogP contribution in [0, 0.1) is 5.92 Å². The Labute approximate surface area is 187 Å². The van der Waals surface area contributed by atoms with E-state index in [9.17, 15) is 0 Å². The lowest BCUT2D eigenvalue weighted by Crippen LogP contribution is -1.94. The lowest BCUT2D eigenvalue weighted by atomic mass is 9.97. The fourth-order valence-corrected chi connectivity index (χ4v) is 4.62. The van der Waals surface area contributed by atoms with Crippen molar-refractivity contribution in [3.8, 4) is 0 Å². The highest BCUT2D eigenvalue weighted by atomic mass is 14.1.